The Balaban J connectivity index is 0.000000227. The molecule has 0 spiro atoms. The number of aldehydes is 1. The number of aliphatic hydroxyl groups is 1. The van der Waals surface area contributed by atoms with E-state index in [9.17, 15) is 36.2 Å². The molecule has 0 aliphatic heterocycles. The molecular formula is C26H17Br3F6N2O2. The number of carbonyl (C=O) groups is 1. The van der Waals surface area contributed by atoms with Crippen LogP contribution in [0.1, 0.15) is 39.0 Å². The summed E-state index contributed by atoms with van der Waals surface area (Å²) in [5, 5.41) is 10.1. The third kappa shape index (κ3) is 10.5. The molecule has 0 amide bonds. The summed E-state index contributed by atoms with van der Waals surface area (Å²) < 4.78 is 77.5. The first-order chi connectivity index (χ1) is 18.2. The lowest BCUT2D eigenvalue weighted by Gasteiger charge is -2.16. The molecule has 0 bridgehead atoms. The molecule has 1 atom stereocenters. The second kappa shape index (κ2) is 14.7. The summed E-state index contributed by atoms with van der Waals surface area (Å²) in [7, 11) is 0. The lowest BCUT2D eigenvalue weighted by atomic mass is 10.0. The fraction of sp³-hybridized carbons (Fsp3) is 0.115. The van der Waals surface area contributed by atoms with Crippen LogP contribution >= 0.6 is 47.8 Å². The normalized spacial score (nSPS) is 11.8. The molecule has 2 aromatic carbocycles. The molecule has 13 heteroatoms. The van der Waals surface area contributed by atoms with Gasteiger partial charge in [0, 0.05) is 25.8 Å². The summed E-state index contributed by atoms with van der Waals surface area (Å²) in [6, 6.07) is 18.5. The van der Waals surface area contributed by atoms with Gasteiger partial charge in [-0.1, -0.05) is 66.0 Å². The number of rotatable bonds is 3. The van der Waals surface area contributed by atoms with Crippen molar-refractivity contribution in [1.82, 2.24) is 9.97 Å². The lowest BCUT2D eigenvalue weighted by molar-refractivity contribution is -0.139. The van der Waals surface area contributed by atoms with Crippen molar-refractivity contribution in [1.29, 1.82) is 0 Å². The first-order valence-corrected chi connectivity index (χ1v) is 13.0. The van der Waals surface area contributed by atoms with Crippen molar-refractivity contribution in [3.05, 3.63) is 127 Å². The monoisotopic (exact) mass is 740 g/mol. The topological polar surface area (TPSA) is 63.1 Å². The first-order valence-electron chi connectivity index (χ1n) is 10.6. The van der Waals surface area contributed by atoms with Gasteiger partial charge in [-0.15, -0.1) is 0 Å². The second-order valence-corrected chi connectivity index (χ2v) is 10.1. The average Bonchev–Trinajstić information content (AvgIpc) is 2.88. The number of hydrogen-bond donors (Lipinski definition) is 1. The lowest BCUT2D eigenvalue weighted by Crippen LogP contribution is -2.14. The number of nitrogens with zero attached hydrogens (tertiary/aromatic N) is 2. The molecule has 1 unspecified atom stereocenters. The van der Waals surface area contributed by atoms with Crippen molar-refractivity contribution in [2.75, 3.05) is 0 Å². The molecule has 0 radical (unpaired) electrons. The van der Waals surface area contributed by atoms with Gasteiger partial charge in [-0.05, 0) is 60.2 Å². The van der Waals surface area contributed by atoms with Gasteiger partial charge in [0.1, 0.15) is 11.8 Å². The summed E-state index contributed by atoms with van der Waals surface area (Å²) in [6.07, 6.45) is -8.02. The van der Waals surface area contributed by atoms with E-state index in [0.29, 0.717) is 10.0 Å². The summed E-state index contributed by atoms with van der Waals surface area (Å²) in [4.78, 5) is 17.1. The number of pyridine rings is 2. The summed E-state index contributed by atoms with van der Waals surface area (Å²) in [5.74, 6) is 0. The molecule has 4 aromatic rings. The minimum Gasteiger partial charge on any atom is -0.382 e. The molecule has 0 saturated carbocycles. The second-order valence-electron chi connectivity index (χ2n) is 7.38. The van der Waals surface area contributed by atoms with Gasteiger partial charge in [0.05, 0.1) is 16.8 Å². The SMILES string of the molecule is Brc1cccc(Br)c1.O=Cc1ncccc1C(F)(F)F.OC(c1cccc(Br)c1)c1ncccc1C(F)(F)F. The van der Waals surface area contributed by atoms with Crippen LogP contribution in [0.5, 0.6) is 0 Å². The van der Waals surface area contributed by atoms with Gasteiger partial charge in [-0.2, -0.15) is 26.3 Å². The minimum atomic E-state index is -4.55. The number of alkyl halides is 6. The molecule has 0 saturated heterocycles. The Bertz CT molecular complexity index is 1370. The molecule has 2 aromatic heterocycles. The van der Waals surface area contributed by atoms with Crippen molar-refractivity contribution in [3.63, 3.8) is 0 Å². The standard InChI is InChI=1S/C13H9BrF3NO.C7H4F3NO.C6H4Br2/c14-9-4-1-3-8(7-9)12(19)11-10(13(15,16)17)5-2-6-18-11;8-7(9,10)5-2-1-3-11-6(5)4-12;7-5-2-1-3-6(8)4-5/h1-7,12,19H;1-4H;1-4H. The Kier molecular flexibility index (Phi) is 12.3. The predicted octanol–water partition coefficient (Wildman–Crippen LogP) is 9.07. The smallest absolute Gasteiger partial charge is 0.382 e. The molecule has 39 heavy (non-hydrogen) atoms. The molecule has 0 aliphatic carbocycles. The maximum absolute atomic E-state index is 12.8. The van der Waals surface area contributed by atoms with E-state index in [2.05, 4.69) is 57.8 Å². The highest BCUT2D eigenvalue weighted by Crippen LogP contribution is 2.35. The van der Waals surface area contributed by atoms with E-state index in [1.54, 1.807) is 24.3 Å². The van der Waals surface area contributed by atoms with Crippen molar-refractivity contribution in [2.24, 2.45) is 0 Å². The molecule has 4 rings (SSSR count). The third-order valence-electron chi connectivity index (χ3n) is 4.61. The Morgan fingerprint density at radius 3 is 1.62 bits per heavy atom. The third-order valence-corrected chi connectivity index (χ3v) is 6.09. The molecule has 4 nitrogen and oxygen atoms in total. The summed E-state index contributed by atoms with van der Waals surface area (Å²) in [5.41, 5.74) is -2.56. The molecule has 2 heterocycles. The van der Waals surface area contributed by atoms with E-state index in [1.165, 1.54) is 12.3 Å². The van der Waals surface area contributed by atoms with Crippen molar-refractivity contribution in [3.8, 4) is 0 Å². The van der Waals surface area contributed by atoms with Crippen LogP contribution in [0.3, 0.4) is 0 Å². The van der Waals surface area contributed by atoms with Gasteiger partial charge in [0.2, 0.25) is 0 Å². The number of halogens is 9. The molecule has 206 valence electrons. The maximum Gasteiger partial charge on any atom is 0.418 e. The zero-order chi connectivity index (χ0) is 29.2. The number of benzene rings is 2. The van der Waals surface area contributed by atoms with Gasteiger partial charge in [0.15, 0.2) is 6.29 Å². The molecular weight excluding hydrogens is 726 g/mol. The largest absolute Gasteiger partial charge is 0.418 e. The van der Waals surface area contributed by atoms with Crippen LogP contribution in [0.2, 0.25) is 0 Å². The van der Waals surface area contributed by atoms with Crippen LogP contribution in [0.25, 0.3) is 0 Å². The van der Waals surface area contributed by atoms with Gasteiger partial charge in [-0.25, -0.2) is 0 Å². The van der Waals surface area contributed by atoms with Gasteiger partial charge in [0.25, 0.3) is 0 Å². The van der Waals surface area contributed by atoms with Crippen LogP contribution in [-0.2, 0) is 12.4 Å². The van der Waals surface area contributed by atoms with E-state index < -0.39 is 41.0 Å². The van der Waals surface area contributed by atoms with E-state index in [4.69, 9.17) is 0 Å². The van der Waals surface area contributed by atoms with Gasteiger partial charge < -0.3 is 5.11 Å². The molecule has 1 N–H and O–H groups in total. The highest BCUT2D eigenvalue weighted by atomic mass is 79.9. The molecule has 0 fully saturated rings. The van der Waals surface area contributed by atoms with Crippen LogP contribution in [0.15, 0.2) is 98.6 Å². The summed E-state index contributed by atoms with van der Waals surface area (Å²) >= 11 is 9.87. The van der Waals surface area contributed by atoms with Gasteiger partial charge in [-0.3, -0.25) is 14.8 Å². The fourth-order valence-corrected chi connectivity index (χ4v) is 4.44. The number of aliphatic hydroxyl groups excluding tert-OH is 1. The van der Waals surface area contributed by atoms with Crippen LogP contribution in [0.4, 0.5) is 26.3 Å². The van der Waals surface area contributed by atoms with Gasteiger partial charge >= 0.3 is 12.4 Å². The highest BCUT2D eigenvalue weighted by molar-refractivity contribution is 9.11. The van der Waals surface area contributed by atoms with Crippen molar-refractivity contribution in [2.45, 2.75) is 18.5 Å². The van der Waals surface area contributed by atoms with E-state index in [1.807, 2.05) is 24.3 Å². The number of aromatic nitrogens is 2. The van der Waals surface area contributed by atoms with Crippen LogP contribution < -0.4 is 0 Å². The van der Waals surface area contributed by atoms with Crippen molar-refractivity contribution >= 4 is 54.1 Å². The Labute approximate surface area is 244 Å². The number of hydrogen-bond acceptors (Lipinski definition) is 4. The predicted molar refractivity (Wildman–Crippen MR) is 144 cm³/mol. The minimum absolute atomic E-state index is 0.0861. The zero-order valence-corrected chi connectivity index (χ0v) is 24.1. The highest BCUT2D eigenvalue weighted by Gasteiger charge is 2.36. The average molecular weight is 743 g/mol. The van der Waals surface area contributed by atoms with E-state index in [-0.39, 0.29) is 6.29 Å². The van der Waals surface area contributed by atoms with Crippen LogP contribution in [0, 0.1) is 0 Å². The molecule has 0 aliphatic rings. The maximum atomic E-state index is 12.8. The quantitative estimate of drug-likeness (QED) is 0.168. The van der Waals surface area contributed by atoms with Crippen LogP contribution in [-0.4, -0.2) is 21.4 Å². The Hall–Kier alpha value is -2.61. The Morgan fingerprint density at radius 1 is 0.692 bits per heavy atom. The Morgan fingerprint density at radius 2 is 1.18 bits per heavy atom. The van der Waals surface area contributed by atoms with Crippen molar-refractivity contribution < 1.29 is 36.2 Å². The first kappa shape index (κ1) is 32.6. The zero-order valence-electron chi connectivity index (χ0n) is 19.4. The fourth-order valence-electron chi connectivity index (χ4n) is 2.92. The van der Waals surface area contributed by atoms with E-state index >= 15 is 0 Å². The number of carbonyl (C=O) groups excluding carboxylic acids is 1. The summed E-state index contributed by atoms with van der Waals surface area (Å²) in [6.45, 7) is 0. The van der Waals surface area contributed by atoms with E-state index in [0.717, 1.165) is 33.3 Å².